The van der Waals surface area contributed by atoms with Gasteiger partial charge in [0.15, 0.2) is 0 Å². The Balaban J connectivity index is -0.0000000335. The summed E-state index contributed by atoms with van der Waals surface area (Å²) in [7, 11) is 0. The molecule has 0 aliphatic rings. The minimum atomic E-state index is -1.93. The summed E-state index contributed by atoms with van der Waals surface area (Å²) in [6.45, 7) is 13.5. The second kappa shape index (κ2) is 57.0. The third-order valence-electron chi connectivity index (χ3n) is 0.870. The maximum absolute atomic E-state index is 9.79. The molecule has 0 saturated carbocycles. The van der Waals surface area contributed by atoms with Crippen molar-refractivity contribution in [3.05, 3.63) is 25.8 Å². The zero-order valence-corrected chi connectivity index (χ0v) is 31.7. The smallest absolute Gasteiger partial charge is 0.0748 e. The molecule has 0 aromatic heterocycles. The van der Waals surface area contributed by atoms with E-state index in [9.17, 15) is 17.5 Å². The van der Waals surface area contributed by atoms with Crippen molar-refractivity contribution in [3.63, 3.8) is 0 Å². The first-order valence-electron chi connectivity index (χ1n) is 5.85. The number of hydrogen-bond donors (Lipinski definition) is 0. The van der Waals surface area contributed by atoms with E-state index < -0.39 is 22.2 Å². The number of alkyl halides is 7. The van der Waals surface area contributed by atoms with Gasteiger partial charge in [-0.15, -0.1) is 19.7 Å². The maximum atomic E-state index is 9.79. The second-order valence-corrected chi connectivity index (χ2v) is 20.0. The molecule has 0 bridgehead atoms. The fraction of sp³-hybridized carbons (Fsp3) is 0.667. The van der Waals surface area contributed by atoms with E-state index in [4.69, 9.17) is 0 Å². The SMILES string of the molecule is C=C.C=CCS(=O)[O-].CC[I-]CI.CC[I-]CS(=O)[O-].ICI.[Na+].[Na+]. The van der Waals surface area contributed by atoms with Crippen LogP contribution in [0.5, 0.6) is 0 Å². The monoisotopic (exact) mass is 978 g/mol. The van der Waals surface area contributed by atoms with Crippen molar-refractivity contribution in [2.75, 3.05) is 23.2 Å². The molecule has 0 spiro atoms. The van der Waals surface area contributed by atoms with Gasteiger partial charge in [0.1, 0.15) is 0 Å². The van der Waals surface area contributed by atoms with E-state index in [1.165, 1.54) is 15.4 Å². The molecule has 2 atom stereocenters. The van der Waals surface area contributed by atoms with Crippen molar-refractivity contribution in [2.24, 2.45) is 0 Å². The van der Waals surface area contributed by atoms with Crippen molar-refractivity contribution < 1.29 is 119 Å². The van der Waals surface area contributed by atoms with E-state index >= 15 is 0 Å². The molecular weight excluding hydrogens is 953 g/mol. The van der Waals surface area contributed by atoms with Gasteiger partial charge in [0.05, 0.1) is 2.43 Å². The predicted molar refractivity (Wildman–Crippen MR) is 122 cm³/mol. The van der Waals surface area contributed by atoms with Crippen LogP contribution in [0, 0.1) is 0 Å². The molecule has 148 valence electrons. The summed E-state index contributed by atoms with van der Waals surface area (Å²) in [5.74, 6) is 0.0556. The molecule has 25 heavy (non-hydrogen) atoms. The summed E-state index contributed by atoms with van der Waals surface area (Å²) in [6, 6.07) is 0. The third-order valence-corrected chi connectivity index (χ3v) is 9.86. The average molecular weight is 978 g/mol. The molecule has 0 fully saturated rings. The number of rotatable bonds is 7. The van der Waals surface area contributed by atoms with Crippen molar-refractivity contribution in [2.45, 2.75) is 13.8 Å². The fourth-order valence-corrected chi connectivity index (χ4v) is 6.32. The minimum Gasteiger partial charge on any atom is -0.0748 e. The quantitative estimate of drug-likeness (QED) is 0.0837. The van der Waals surface area contributed by atoms with Gasteiger partial charge in [-0.05, 0) is 0 Å². The third kappa shape index (κ3) is 107. The Bertz CT molecular complexity index is 258. The molecule has 4 nitrogen and oxygen atoms in total. The number of halogens is 5. The molecule has 0 rings (SSSR count). The Morgan fingerprint density at radius 3 is 1.36 bits per heavy atom. The van der Waals surface area contributed by atoms with Crippen LogP contribution >= 0.6 is 67.8 Å². The molecule has 0 aliphatic carbocycles. The Morgan fingerprint density at radius 2 is 1.32 bits per heavy atom. The van der Waals surface area contributed by atoms with Gasteiger partial charge in [0.25, 0.3) is 0 Å². The summed E-state index contributed by atoms with van der Waals surface area (Å²) in [5, 5.41) is 0. The van der Waals surface area contributed by atoms with E-state index in [-0.39, 0.29) is 86.1 Å². The molecule has 0 saturated heterocycles. The Hall–Kier alpha value is 5.35. The van der Waals surface area contributed by atoms with Crippen LogP contribution in [0.25, 0.3) is 0 Å². The summed E-state index contributed by atoms with van der Waals surface area (Å²) in [6.07, 6.45) is 1.34. The van der Waals surface area contributed by atoms with Crippen LogP contribution in [-0.2, 0) is 22.2 Å². The van der Waals surface area contributed by atoms with Gasteiger partial charge in [-0.1, -0.05) is 62.3 Å². The zero-order chi connectivity index (χ0) is 19.5. The van der Waals surface area contributed by atoms with Crippen LogP contribution < -0.4 is 102 Å². The molecule has 0 aromatic carbocycles. The van der Waals surface area contributed by atoms with Crippen LogP contribution in [0.3, 0.4) is 0 Å². The van der Waals surface area contributed by atoms with Crippen molar-refractivity contribution >= 4 is 89.9 Å². The first kappa shape index (κ1) is 48.0. The van der Waals surface area contributed by atoms with Crippen LogP contribution in [0.1, 0.15) is 13.8 Å². The summed E-state index contributed by atoms with van der Waals surface area (Å²) >= 11 is 3.88. The van der Waals surface area contributed by atoms with Gasteiger partial charge in [-0.25, -0.2) is 0 Å². The molecule has 0 heterocycles. The molecule has 2 unspecified atom stereocenters. The Kier molecular flexibility index (Phi) is 109. The van der Waals surface area contributed by atoms with Crippen LogP contribution in [0.2, 0.25) is 0 Å². The van der Waals surface area contributed by atoms with Crippen LogP contribution in [0.4, 0.5) is 0 Å². The van der Waals surface area contributed by atoms with E-state index in [0.29, 0.717) is 25.0 Å². The second-order valence-electron chi connectivity index (χ2n) is 2.29. The van der Waals surface area contributed by atoms with Crippen molar-refractivity contribution in [1.29, 1.82) is 0 Å². The average Bonchev–Trinajstić information content (AvgIpc) is 2.50. The predicted octanol–water partition coefficient (Wildman–Crippen LogP) is -7.90. The maximum Gasteiger partial charge on any atom is 1.00 e. The molecular formula is C12H25I5Na2O4S2-2. The summed E-state index contributed by atoms with van der Waals surface area (Å²) in [5.41, 5.74) is 0. The van der Waals surface area contributed by atoms with Gasteiger partial charge >= 0.3 is 173 Å². The molecule has 0 aromatic rings. The minimum absolute atomic E-state index is 0. The van der Waals surface area contributed by atoms with Crippen LogP contribution in [0.15, 0.2) is 25.8 Å². The summed E-state index contributed by atoms with van der Waals surface area (Å²) in [4.78, 5) is 0. The molecule has 0 amide bonds. The molecule has 13 heteroatoms. The van der Waals surface area contributed by atoms with Gasteiger partial charge in [-0.2, -0.15) is 0 Å². The standard InChI is InChI=1S/C3H7I2.C3H8IO2S.C3H6O2S.C2H4.CH2I2.2Na/c1-2-5-3-4;1-2-4-3-7(5)6;1-2-3-6(4)5;1-2;2-1-3;;/h2-3H2,1H3;2-3H2,1H3,(H,5,6);2H,1,3H2,(H,4,5);1-2H2;1H2;;/q2*-1;;;;2*+1/p-2. The van der Waals surface area contributed by atoms with Gasteiger partial charge < -0.3 is 4.55 Å². The normalized spacial score (nSPS) is 10.0. The fourth-order valence-electron chi connectivity index (χ4n) is 0.308. The van der Waals surface area contributed by atoms with E-state index in [1.54, 1.807) is 0 Å². The number of hydrogen-bond acceptors (Lipinski definition) is 4. The van der Waals surface area contributed by atoms with Gasteiger partial charge in [-0.3, -0.25) is 4.21 Å². The summed E-state index contributed by atoms with van der Waals surface area (Å²) < 4.78 is 44.2. The first-order chi connectivity index (χ1) is 10.9. The van der Waals surface area contributed by atoms with Gasteiger partial charge in [0.2, 0.25) is 0 Å². The molecule has 0 radical (unpaired) electrons. The largest absolute Gasteiger partial charge is 1.00 e. The van der Waals surface area contributed by atoms with Crippen molar-refractivity contribution in [1.82, 2.24) is 0 Å². The van der Waals surface area contributed by atoms with Crippen molar-refractivity contribution in [3.8, 4) is 0 Å². The zero-order valence-electron chi connectivity index (χ0n) is 15.3. The Labute approximate surface area is 266 Å². The topological polar surface area (TPSA) is 80.3 Å². The van der Waals surface area contributed by atoms with E-state index in [1.807, 2.05) is 6.92 Å². The van der Waals surface area contributed by atoms with E-state index in [0.717, 1.165) is 4.43 Å². The first-order valence-corrected chi connectivity index (χ1v) is 19.0. The molecule has 0 aliphatic heterocycles. The Morgan fingerprint density at radius 1 is 0.960 bits per heavy atom. The van der Waals surface area contributed by atoms with E-state index in [2.05, 4.69) is 94.4 Å². The van der Waals surface area contributed by atoms with Gasteiger partial charge in [0, 0.05) is 5.75 Å². The molecule has 0 N–H and O–H groups in total. The van der Waals surface area contributed by atoms with Crippen LogP contribution in [-0.4, -0.2) is 40.8 Å².